The third-order valence-electron chi connectivity index (χ3n) is 2.79. The van der Waals surface area contributed by atoms with Gasteiger partial charge in [0.25, 0.3) is 0 Å². The molecule has 0 bridgehead atoms. The molecule has 0 atom stereocenters. The molecule has 0 amide bonds. The minimum Gasteiger partial charge on any atom is -0.367 e. The number of benzene rings is 2. The fraction of sp³-hybridized carbons (Fsp3) is 0.200. The van der Waals surface area contributed by atoms with Gasteiger partial charge in [0.2, 0.25) is 0 Å². The summed E-state index contributed by atoms with van der Waals surface area (Å²) in [5.74, 6) is -0.184. The van der Waals surface area contributed by atoms with E-state index in [1.807, 2.05) is 30.3 Å². The SMILES string of the molecule is CCN(Cc1ccc(F)cc1)c1ccccc1. The Morgan fingerprint density at radius 1 is 0.941 bits per heavy atom. The smallest absolute Gasteiger partial charge is 0.123 e. The lowest BCUT2D eigenvalue weighted by atomic mass is 10.2. The zero-order chi connectivity index (χ0) is 12.1. The average molecular weight is 229 g/mol. The number of anilines is 1. The van der Waals surface area contributed by atoms with Gasteiger partial charge in [0, 0.05) is 18.8 Å². The molecule has 0 unspecified atom stereocenters. The van der Waals surface area contributed by atoms with Crippen LogP contribution >= 0.6 is 0 Å². The molecule has 2 heteroatoms. The Bertz CT molecular complexity index is 450. The largest absolute Gasteiger partial charge is 0.367 e. The molecule has 17 heavy (non-hydrogen) atoms. The van der Waals surface area contributed by atoms with Gasteiger partial charge >= 0.3 is 0 Å². The van der Waals surface area contributed by atoms with Crippen LogP contribution in [0, 0.1) is 5.82 Å². The second-order valence-electron chi connectivity index (χ2n) is 3.98. The number of hydrogen-bond acceptors (Lipinski definition) is 1. The van der Waals surface area contributed by atoms with Gasteiger partial charge in [-0.25, -0.2) is 4.39 Å². The predicted molar refractivity (Wildman–Crippen MR) is 69.6 cm³/mol. The normalized spacial score (nSPS) is 10.2. The summed E-state index contributed by atoms with van der Waals surface area (Å²) in [5.41, 5.74) is 2.32. The van der Waals surface area contributed by atoms with Crippen molar-refractivity contribution in [2.75, 3.05) is 11.4 Å². The van der Waals surface area contributed by atoms with Crippen molar-refractivity contribution in [3.8, 4) is 0 Å². The Hall–Kier alpha value is -1.83. The molecule has 0 aliphatic carbocycles. The summed E-state index contributed by atoms with van der Waals surface area (Å²) >= 11 is 0. The van der Waals surface area contributed by atoms with E-state index >= 15 is 0 Å². The first-order chi connectivity index (χ1) is 8.29. The fourth-order valence-corrected chi connectivity index (χ4v) is 1.83. The first kappa shape index (κ1) is 11.6. The maximum atomic E-state index is 12.8. The summed E-state index contributed by atoms with van der Waals surface area (Å²) < 4.78 is 12.8. The van der Waals surface area contributed by atoms with E-state index in [0.717, 1.165) is 18.7 Å². The molecule has 1 nitrogen and oxygen atoms in total. The van der Waals surface area contributed by atoms with Crippen LogP contribution in [0.5, 0.6) is 0 Å². The van der Waals surface area contributed by atoms with E-state index in [0.29, 0.717) is 0 Å². The summed E-state index contributed by atoms with van der Waals surface area (Å²) in [7, 11) is 0. The standard InChI is InChI=1S/C15H16FN/c1-2-17(15-6-4-3-5-7-15)12-13-8-10-14(16)11-9-13/h3-11H,2,12H2,1H3. The Balaban J connectivity index is 2.13. The van der Waals surface area contributed by atoms with Gasteiger partial charge in [-0.15, -0.1) is 0 Å². The Kier molecular flexibility index (Phi) is 3.76. The number of rotatable bonds is 4. The summed E-state index contributed by atoms with van der Waals surface area (Å²) in [6, 6.07) is 16.9. The molecule has 0 radical (unpaired) electrons. The van der Waals surface area contributed by atoms with Crippen LogP contribution in [-0.4, -0.2) is 6.54 Å². The molecular weight excluding hydrogens is 213 g/mol. The van der Waals surface area contributed by atoms with E-state index in [2.05, 4.69) is 24.0 Å². The van der Waals surface area contributed by atoms with Gasteiger partial charge in [-0.3, -0.25) is 0 Å². The van der Waals surface area contributed by atoms with E-state index in [1.165, 1.54) is 17.8 Å². The third kappa shape index (κ3) is 3.06. The van der Waals surface area contributed by atoms with Crippen LogP contribution < -0.4 is 4.90 Å². The summed E-state index contributed by atoms with van der Waals surface area (Å²) in [6.07, 6.45) is 0. The number of nitrogens with zero attached hydrogens (tertiary/aromatic N) is 1. The van der Waals surface area contributed by atoms with Crippen molar-refractivity contribution in [2.45, 2.75) is 13.5 Å². The molecule has 88 valence electrons. The summed E-state index contributed by atoms with van der Waals surface area (Å²) in [6.45, 7) is 3.86. The molecule has 0 aliphatic rings. The van der Waals surface area contributed by atoms with E-state index in [1.54, 1.807) is 0 Å². The summed E-state index contributed by atoms with van der Waals surface area (Å²) in [4.78, 5) is 2.26. The molecular formula is C15H16FN. The third-order valence-corrected chi connectivity index (χ3v) is 2.79. The molecule has 2 rings (SSSR count). The van der Waals surface area contributed by atoms with Crippen molar-refractivity contribution >= 4 is 5.69 Å². The van der Waals surface area contributed by atoms with Crippen LogP contribution in [0.3, 0.4) is 0 Å². The quantitative estimate of drug-likeness (QED) is 0.769. The van der Waals surface area contributed by atoms with Crippen LogP contribution in [0.4, 0.5) is 10.1 Å². The average Bonchev–Trinajstić information content (AvgIpc) is 2.39. The highest BCUT2D eigenvalue weighted by Crippen LogP contribution is 2.16. The second kappa shape index (κ2) is 5.48. The van der Waals surface area contributed by atoms with Crippen molar-refractivity contribution in [3.05, 3.63) is 66.0 Å². The van der Waals surface area contributed by atoms with Gasteiger partial charge in [-0.2, -0.15) is 0 Å². The van der Waals surface area contributed by atoms with Crippen LogP contribution in [-0.2, 0) is 6.54 Å². The molecule has 0 heterocycles. The van der Waals surface area contributed by atoms with Crippen molar-refractivity contribution in [1.29, 1.82) is 0 Å². The molecule has 2 aromatic carbocycles. The van der Waals surface area contributed by atoms with Crippen molar-refractivity contribution in [1.82, 2.24) is 0 Å². The number of halogens is 1. The molecule has 2 aromatic rings. The van der Waals surface area contributed by atoms with E-state index in [9.17, 15) is 4.39 Å². The van der Waals surface area contributed by atoms with E-state index in [-0.39, 0.29) is 5.82 Å². The highest BCUT2D eigenvalue weighted by atomic mass is 19.1. The van der Waals surface area contributed by atoms with Crippen LogP contribution in [0.15, 0.2) is 54.6 Å². The van der Waals surface area contributed by atoms with Crippen LogP contribution in [0.25, 0.3) is 0 Å². The predicted octanol–water partition coefficient (Wildman–Crippen LogP) is 3.85. The number of para-hydroxylation sites is 1. The molecule has 0 N–H and O–H groups in total. The fourth-order valence-electron chi connectivity index (χ4n) is 1.83. The van der Waals surface area contributed by atoms with Crippen LogP contribution in [0.1, 0.15) is 12.5 Å². The maximum Gasteiger partial charge on any atom is 0.123 e. The van der Waals surface area contributed by atoms with Crippen molar-refractivity contribution in [2.24, 2.45) is 0 Å². The first-order valence-corrected chi connectivity index (χ1v) is 5.84. The molecule has 0 saturated carbocycles. The van der Waals surface area contributed by atoms with Gasteiger partial charge in [0.15, 0.2) is 0 Å². The first-order valence-electron chi connectivity index (χ1n) is 5.84. The Morgan fingerprint density at radius 2 is 1.59 bits per heavy atom. The van der Waals surface area contributed by atoms with E-state index < -0.39 is 0 Å². The summed E-state index contributed by atoms with van der Waals surface area (Å²) in [5, 5.41) is 0. The molecule has 0 spiro atoms. The van der Waals surface area contributed by atoms with Crippen molar-refractivity contribution in [3.63, 3.8) is 0 Å². The minimum atomic E-state index is -0.184. The topological polar surface area (TPSA) is 3.24 Å². The molecule has 0 saturated heterocycles. The second-order valence-corrected chi connectivity index (χ2v) is 3.98. The number of hydrogen-bond donors (Lipinski definition) is 0. The lowest BCUT2D eigenvalue weighted by Crippen LogP contribution is -2.21. The highest BCUT2D eigenvalue weighted by Gasteiger charge is 2.04. The van der Waals surface area contributed by atoms with E-state index in [4.69, 9.17) is 0 Å². The maximum absolute atomic E-state index is 12.8. The highest BCUT2D eigenvalue weighted by molar-refractivity contribution is 5.46. The Labute approximate surface area is 102 Å². The minimum absolute atomic E-state index is 0.184. The molecule has 0 aromatic heterocycles. The lowest BCUT2D eigenvalue weighted by Gasteiger charge is -2.23. The van der Waals surface area contributed by atoms with Crippen molar-refractivity contribution < 1.29 is 4.39 Å². The van der Waals surface area contributed by atoms with Gasteiger partial charge in [-0.1, -0.05) is 30.3 Å². The van der Waals surface area contributed by atoms with Gasteiger partial charge < -0.3 is 4.90 Å². The van der Waals surface area contributed by atoms with Gasteiger partial charge in [0.1, 0.15) is 5.82 Å². The molecule has 0 fully saturated rings. The van der Waals surface area contributed by atoms with Crippen LogP contribution in [0.2, 0.25) is 0 Å². The van der Waals surface area contributed by atoms with Gasteiger partial charge in [-0.05, 0) is 36.8 Å². The van der Waals surface area contributed by atoms with Gasteiger partial charge in [0.05, 0.1) is 0 Å². The monoisotopic (exact) mass is 229 g/mol. The lowest BCUT2D eigenvalue weighted by molar-refractivity contribution is 0.626. The zero-order valence-corrected chi connectivity index (χ0v) is 9.94. The zero-order valence-electron chi connectivity index (χ0n) is 9.94. The molecule has 0 aliphatic heterocycles. The Morgan fingerprint density at radius 3 is 2.18 bits per heavy atom.